The van der Waals surface area contributed by atoms with Crippen molar-refractivity contribution in [2.75, 3.05) is 45.8 Å². The first-order valence-corrected chi connectivity index (χ1v) is 13.7. The number of likely N-dealkylation sites (tertiary alicyclic amines) is 1. The molecule has 12 heteroatoms. The third-order valence-electron chi connectivity index (χ3n) is 6.82. The second-order valence-electron chi connectivity index (χ2n) is 9.51. The molecule has 1 saturated heterocycles. The summed E-state index contributed by atoms with van der Waals surface area (Å²) in [6, 6.07) is 8.55. The molecule has 206 valence electrons. The predicted octanol–water partition coefficient (Wildman–Crippen LogP) is -0.345. The number of aliphatic hydroxyl groups is 4. The van der Waals surface area contributed by atoms with Gasteiger partial charge in [-0.3, -0.25) is 9.69 Å². The van der Waals surface area contributed by atoms with Gasteiger partial charge in [0.25, 0.3) is 0 Å². The number of nitrogens with zero attached hydrogens (tertiary/aromatic N) is 2. The number of ether oxygens (including phenoxy) is 1. The molecule has 2 aromatic carbocycles. The fourth-order valence-corrected chi connectivity index (χ4v) is 6.25. The lowest BCUT2D eigenvalue weighted by Gasteiger charge is -2.43. The third-order valence-corrected chi connectivity index (χ3v) is 8.35. The van der Waals surface area contributed by atoms with Gasteiger partial charge in [0.15, 0.2) is 0 Å². The molecular formula is C25H37N3O8S. The summed E-state index contributed by atoms with van der Waals surface area (Å²) in [6.07, 6.45) is -2.72. The van der Waals surface area contributed by atoms with Crippen LogP contribution in [0.3, 0.4) is 0 Å². The van der Waals surface area contributed by atoms with Crippen LogP contribution in [-0.4, -0.2) is 111 Å². The van der Waals surface area contributed by atoms with E-state index in [4.69, 9.17) is 4.74 Å². The fourth-order valence-electron chi connectivity index (χ4n) is 4.81. The third kappa shape index (κ3) is 6.58. The number of esters is 1. The number of β-amino-alcohol motifs (C(OH)–C–C–N with tert-alkyl or cyclic N) is 1. The van der Waals surface area contributed by atoms with E-state index in [1.165, 1.54) is 13.2 Å². The van der Waals surface area contributed by atoms with E-state index in [9.17, 15) is 33.6 Å². The first-order chi connectivity index (χ1) is 17.5. The van der Waals surface area contributed by atoms with Gasteiger partial charge in [0.1, 0.15) is 18.2 Å². The number of piperidine rings is 1. The quantitative estimate of drug-likeness (QED) is 0.189. The van der Waals surface area contributed by atoms with Gasteiger partial charge in [-0.15, -0.1) is 0 Å². The number of fused-ring (bicyclic) bond motifs is 1. The number of methoxy groups -OCH3 is 1. The van der Waals surface area contributed by atoms with E-state index < -0.39 is 53.0 Å². The smallest absolute Gasteiger partial charge is 0.323 e. The second-order valence-corrected chi connectivity index (χ2v) is 11.2. The van der Waals surface area contributed by atoms with Crippen molar-refractivity contribution in [1.29, 1.82) is 0 Å². The zero-order chi connectivity index (χ0) is 27.3. The molecule has 5 N–H and O–H groups in total. The van der Waals surface area contributed by atoms with Crippen LogP contribution in [0, 0.1) is 0 Å². The Bertz CT molecular complexity index is 1180. The SMILES string of the molecule is COC(=O)[C@@H](CCCCN1C[C@H](O)[C@@H](O)[C@@H](O)[C@H]1CO)NS(=O)(=O)c1cccc2c(N(C)C)cccc12. The van der Waals surface area contributed by atoms with E-state index >= 15 is 0 Å². The summed E-state index contributed by atoms with van der Waals surface area (Å²) in [5, 5.41) is 40.9. The number of sulfonamides is 1. The molecule has 0 spiro atoms. The number of hydrogen-bond acceptors (Lipinski definition) is 10. The van der Waals surface area contributed by atoms with Crippen LogP contribution in [0.5, 0.6) is 0 Å². The predicted molar refractivity (Wildman–Crippen MR) is 139 cm³/mol. The minimum atomic E-state index is -4.08. The van der Waals surface area contributed by atoms with Crippen molar-refractivity contribution in [2.45, 2.75) is 54.6 Å². The summed E-state index contributed by atoms with van der Waals surface area (Å²) in [7, 11) is 0.857. The Morgan fingerprint density at radius 3 is 2.43 bits per heavy atom. The van der Waals surface area contributed by atoms with Gasteiger partial charge in [0, 0.05) is 37.1 Å². The van der Waals surface area contributed by atoms with E-state index in [-0.39, 0.29) is 17.9 Å². The molecule has 5 atom stereocenters. The van der Waals surface area contributed by atoms with Crippen LogP contribution in [-0.2, 0) is 19.6 Å². The Morgan fingerprint density at radius 1 is 1.11 bits per heavy atom. The van der Waals surface area contributed by atoms with Gasteiger partial charge in [-0.05, 0) is 37.9 Å². The van der Waals surface area contributed by atoms with E-state index in [1.54, 1.807) is 23.1 Å². The van der Waals surface area contributed by atoms with Gasteiger partial charge < -0.3 is 30.1 Å². The van der Waals surface area contributed by atoms with Gasteiger partial charge >= 0.3 is 5.97 Å². The number of unbranched alkanes of at least 4 members (excludes halogenated alkanes) is 1. The van der Waals surface area contributed by atoms with Gasteiger partial charge in [-0.2, -0.15) is 4.72 Å². The number of anilines is 1. The van der Waals surface area contributed by atoms with Crippen molar-refractivity contribution < 1.29 is 38.4 Å². The highest BCUT2D eigenvalue weighted by Gasteiger charge is 2.40. The van der Waals surface area contributed by atoms with E-state index in [0.717, 1.165) is 11.1 Å². The largest absolute Gasteiger partial charge is 0.468 e. The maximum Gasteiger partial charge on any atom is 0.323 e. The van der Waals surface area contributed by atoms with Gasteiger partial charge in [-0.1, -0.05) is 24.3 Å². The monoisotopic (exact) mass is 539 g/mol. The van der Waals surface area contributed by atoms with E-state index in [1.807, 2.05) is 31.1 Å². The molecule has 37 heavy (non-hydrogen) atoms. The molecule has 0 saturated carbocycles. The summed E-state index contributed by atoms with van der Waals surface area (Å²) in [4.78, 5) is 16.1. The summed E-state index contributed by atoms with van der Waals surface area (Å²) in [5.74, 6) is -0.710. The molecule has 0 aliphatic carbocycles. The Balaban J connectivity index is 1.71. The summed E-state index contributed by atoms with van der Waals surface area (Å²) >= 11 is 0. The van der Waals surface area contributed by atoms with Crippen molar-refractivity contribution in [1.82, 2.24) is 9.62 Å². The van der Waals surface area contributed by atoms with Crippen LogP contribution in [0.4, 0.5) is 5.69 Å². The number of nitrogens with one attached hydrogen (secondary N) is 1. The first-order valence-electron chi connectivity index (χ1n) is 12.2. The van der Waals surface area contributed by atoms with Crippen LogP contribution in [0.25, 0.3) is 10.8 Å². The highest BCUT2D eigenvalue weighted by Crippen LogP contribution is 2.30. The van der Waals surface area contributed by atoms with Crippen LogP contribution in [0.15, 0.2) is 41.3 Å². The van der Waals surface area contributed by atoms with Crippen molar-refractivity contribution in [3.05, 3.63) is 36.4 Å². The Labute approximate surface area is 217 Å². The summed E-state index contributed by atoms with van der Waals surface area (Å²) < 4.78 is 34.1. The van der Waals surface area contributed by atoms with Crippen molar-refractivity contribution >= 4 is 32.5 Å². The summed E-state index contributed by atoms with van der Waals surface area (Å²) in [6.45, 7) is 0.0476. The zero-order valence-corrected chi connectivity index (χ0v) is 22.1. The maximum atomic E-state index is 13.4. The number of hydrogen-bond donors (Lipinski definition) is 5. The van der Waals surface area contributed by atoms with Crippen molar-refractivity contribution in [3.63, 3.8) is 0 Å². The molecule has 0 radical (unpaired) electrons. The van der Waals surface area contributed by atoms with Crippen LogP contribution in [0.2, 0.25) is 0 Å². The molecule has 11 nitrogen and oxygen atoms in total. The molecule has 1 heterocycles. The molecule has 0 amide bonds. The second kappa shape index (κ2) is 12.5. The molecule has 2 aromatic rings. The Hall–Kier alpha value is -2.32. The number of rotatable bonds is 11. The van der Waals surface area contributed by atoms with Crippen LogP contribution in [0.1, 0.15) is 19.3 Å². The molecule has 1 aliphatic heterocycles. The lowest BCUT2D eigenvalue weighted by molar-refractivity contribution is -0.145. The molecular weight excluding hydrogens is 502 g/mol. The van der Waals surface area contributed by atoms with Crippen LogP contribution >= 0.6 is 0 Å². The highest BCUT2D eigenvalue weighted by molar-refractivity contribution is 7.89. The molecule has 0 unspecified atom stereocenters. The molecule has 1 fully saturated rings. The number of carbonyl (C=O) groups excluding carboxylic acids is 1. The van der Waals surface area contributed by atoms with Gasteiger partial charge in [0.2, 0.25) is 10.0 Å². The lowest BCUT2D eigenvalue weighted by Crippen LogP contribution is -2.62. The minimum absolute atomic E-state index is 0.0586. The zero-order valence-electron chi connectivity index (χ0n) is 21.3. The topological polar surface area (TPSA) is 160 Å². The van der Waals surface area contributed by atoms with Gasteiger partial charge in [0.05, 0.1) is 30.8 Å². The molecule has 3 rings (SSSR count). The van der Waals surface area contributed by atoms with Crippen molar-refractivity contribution in [2.24, 2.45) is 0 Å². The lowest BCUT2D eigenvalue weighted by atomic mass is 9.94. The molecule has 1 aliphatic rings. The average molecular weight is 540 g/mol. The number of carbonyl (C=O) groups is 1. The van der Waals surface area contributed by atoms with Crippen molar-refractivity contribution in [3.8, 4) is 0 Å². The fraction of sp³-hybridized carbons (Fsp3) is 0.560. The Morgan fingerprint density at radius 2 is 1.78 bits per heavy atom. The summed E-state index contributed by atoms with van der Waals surface area (Å²) in [5.41, 5.74) is 0.862. The molecule has 0 aromatic heterocycles. The van der Waals surface area contributed by atoms with Crippen LogP contribution < -0.4 is 9.62 Å². The average Bonchev–Trinajstić information content (AvgIpc) is 2.87. The minimum Gasteiger partial charge on any atom is -0.468 e. The highest BCUT2D eigenvalue weighted by atomic mass is 32.2. The molecule has 0 bridgehead atoms. The first kappa shape index (κ1) is 29.2. The van der Waals surface area contributed by atoms with Gasteiger partial charge in [-0.25, -0.2) is 8.42 Å². The van der Waals surface area contributed by atoms with E-state index in [0.29, 0.717) is 24.8 Å². The van der Waals surface area contributed by atoms with E-state index in [2.05, 4.69) is 4.72 Å². The Kier molecular flexibility index (Phi) is 9.86. The maximum absolute atomic E-state index is 13.4. The standard InChI is InChI=1S/C25H37N3O8S/c1-27(2)19-11-6-9-17-16(19)8-7-12-22(17)37(34,35)26-18(25(33)36-3)10-4-5-13-28-14-21(30)24(32)23(31)20(28)15-29/h6-9,11-12,18,20-21,23-24,26,29-32H,4-5,10,13-15H2,1-3H3/t18-,20-,21+,23+,24-/m1/s1. The number of aliphatic hydroxyl groups excluding tert-OH is 4. The normalized spacial score (nSPS) is 23.6. The number of benzene rings is 2.